The van der Waals surface area contributed by atoms with Crippen molar-refractivity contribution in [2.45, 2.75) is 39.5 Å². The van der Waals surface area contributed by atoms with Gasteiger partial charge in [0.05, 0.1) is 11.6 Å². The molecule has 1 unspecified atom stereocenters. The number of benzene rings is 2. The lowest BCUT2D eigenvalue weighted by molar-refractivity contribution is 0.496. The van der Waals surface area contributed by atoms with E-state index in [1.807, 2.05) is 24.3 Å². The Labute approximate surface area is 128 Å². The Morgan fingerprint density at radius 1 is 0.952 bits per heavy atom. The first-order chi connectivity index (χ1) is 10.2. The molecule has 0 amide bonds. The van der Waals surface area contributed by atoms with Crippen molar-refractivity contribution in [3.8, 4) is 17.2 Å². The highest BCUT2D eigenvalue weighted by atomic mass is 14.2. The second kappa shape index (κ2) is 7.64. The van der Waals surface area contributed by atoms with Crippen molar-refractivity contribution >= 4 is 0 Å². The van der Waals surface area contributed by atoms with Gasteiger partial charge in [-0.3, -0.25) is 0 Å². The minimum Gasteiger partial charge on any atom is -0.192 e. The van der Waals surface area contributed by atoms with Crippen molar-refractivity contribution in [3.63, 3.8) is 0 Å². The summed E-state index contributed by atoms with van der Waals surface area (Å²) in [7, 11) is 0. The van der Waals surface area contributed by atoms with Crippen molar-refractivity contribution in [3.05, 3.63) is 59.7 Å². The molecule has 1 heteroatoms. The quantitative estimate of drug-likeness (QED) is 0.674. The van der Waals surface area contributed by atoms with E-state index in [2.05, 4.69) is 44.2 Å². The minimum atomic E-state index is 0.709. The second-order valence-corrected chi connectivity index (χ2v) is 5.79. The van der Waals surface area contributed by atoms with Gasteiger partial charge in [0.15, 0.2) is 0 Å². The third-order valence-corrected chi connectivity index (χ3v) is 4.16. The van der Waals surface area contributed by atoms with Crippen molar-refractivity contribution in [1.29, 1.82) is 5.26 Å². The average molecular weight is 277 g/mol. The maximum atomic E-state index is 8.82. The summed E-state index contributed by atoms with van der Waals surface area (Å²) < 4.78 is 0. The average Bonchev–Trinajstić information content (AvgIpc) is 2.55. The van der Waals surface area contributed by atoms with Crippen LogP contribution in [0.25, 0.3) is 11.1 Å². The molecule has 0 aliphatic heterocycles. The Bertz CT molecular complexity index is 587. The van der Waals surface area contributed by atoms with E-state index >= 15 is 0 Å². The van der Waals surface area contributed by atoms with E-state index in [1.54, 1.807) is 0 Å². The van der Waals surface area contributed by atoms with Crippen molar-refractivity contribution in [2.75, 3.05) is 0 Å². The summed E-state index contributed by atoms with van der Waals surface area (Å²) in [6, 6.07) is 18.7. The van der Waals surface area contributed by atoms with Crippen LogP contribution in [0.4, 0.5) is 0 Å². The lowest BCUT2D eigenvalue weighted by atomic mass is 9.97. The van der Waals surface area contributed by atoms with Crippen LogP contribution in [-0.2, 0) is 6.42 Å². The molecule has 21 heavy (non-hydrogen) atoms. The number of aryl methyl sites for hydroxylation is 1. The predicted octanol–water partition coefficient (Wildman–Crippen LogP) is 5.59. The van der Waals surface area contributed by atoms with Gasteiger partial charge >= 0.3 is 0 Å². The first-order valence-electron chi connectivity index (χ1n) is 7.82. The highest BCUT2D eigenvalue weighted by Crippen LogP contribution is 2.21. The molecule has 0 spiro atoms. The Morgan fingerprint density at radius 3 is 2.05 bits per heavy atom. The fourth-order valence-corrected chi connectivity index (χ4v) is 2.46. The smallest absolute Gasteiger partial charge is 0.0991 e. The Balaban J connectivity index is 1.96. The second-order valence-electron chi connectivity index (χ2n) is 5.79. The number of hydrogen-bond donors (Lipinski definition) is 0. The Hall–Kier alpha value is -2.07. The van der Waals surface area contributed by atoms with Gasteiger partial charge in [-0.25, -0.2) is 0 Å². The zero-order valence-corrected chi connectivity index (χ0v) is 13.0. The number of hydrogen-bond acceptors (Lipinski definition) is 1. The molecule has 0 saturated carbocycles. The van der Waals surface area contributed by atoms with Crippen LogP contribution in [0.5, 0.6) is 0 Å². The molecular formula is C20H23N. The zero-order valence-electron chi connectivity index (χ0n) is 13.0. The summed E-state index contributed by atoms with van der Waals surface area (Å²) in [6.07, 6.45) is 5.02. The molecule has 0 aliphatic rings. The van der Waals surface area contributed by atoms with E-state index in [0.717, 1.165) is 12.3 Å². The minimum absolute atomic E-state index is 0.709. The van der Waals surface area contributed by atoms with Gasteiger partial charge in [0.1, 0.15) is 0 Å². The molecule has 0 radical (unpaired) electrons. The summed E-state index contributed by atoms with van der Waals surface area (Å²) in [4.78, 5) is 0. The molecule has 108 valence electrons. The molecule has 2 aromatic carbocycles. The zero-order chi connectivity index (χ0) is 15.1. The molecule has 0 N–H and O–H groups in total. The first-order valence-corrected chi connectivity index (χ1v) is 7.82. The van der Waals surface area contributed by atoms with Crippen LogP contribution < -0.4 is 0 Å². The van der Waals surface area contributed by atoms with E-state index in [-0.39, 0.29) is 0 Å². The number of rotatable bonds is 6. The summed E-state index contributed by atoms with van der Waals surface area (Å²) in [5.41, 5.74) is 4.50. The standard InChI is InChI=1S/C20H23N/c1-3-16(2)5-4-6-17-7-11-19(12-8-17)20-13-9-18(15-21)10-14-20/h7-14,16H,3-6H2,1-2H3. The monoisotopic (exact) mass is 277 g/mol. The molecule has 0 saturated heterocycles. The fourth-order valence-electron chi connectivity index (χ4n) is 2.46. The summed E-state index contributed by atoms with van der Waals surface area (Å²) >= 11 is 0. The van der Waals surface area contributed by atoms with Gasteiger partial charge in [-0.2, -0.15) is 5.26 Å². The first kappa shape index (κ1) is 15.3. The predicted molar refractivity (Wildman–Crippen MR) is 89.0 cm³/mol. The van der Waals surface area contributed by atoms with E-state index in [1.165, 1.54) is 36.0 Å². The third-order valence-electron chi connectivity index (χ3n) is 4.16. The highest BCUT2D eigenvalue weighted by Gasteiger charge is 2.01. The summed E-state index contributed by atoms with van der Waals surface area (Å²) in [5.74, 6) is 0.836. The van der Waals surface area contributed by atoms with Gasteiger partial charge in [0, 0.05) is 0 Å². The molecule has 2 aromatic rings. The maximum Gasteiger partial charge on any atom is 0.0991 e. The fraction of sp³-hybridized carbons (Fsp3) is 0.350. The van der Waals surface area contributed by atoms with Gasteiger partial charge in [-0.1, -0.05) is 63.1 Å². The van der Waals surface area contributed by atoms with Crippen LogP contribution in [0.3, 0.4) is 0 Å². The van der Waals surface area contributed by atoms with Gasteiger partial charge in [-0.15, -0.1) is 0 Å². The third kappa shape index (κ3) is 4.46. The molecule has 0 heterocycles. The lowest BCUT2D eigenvalue weighted by Gasteiger charge is -2.08. The normalized spacial score (nSPS) is 11.9. The van der Waals surface area contributed by atoms with Crippen LogP contribution in [0.1, 0.15) is 44.2 Å². The topological polar surface area (TPSA) is 23.8 Å². The van der Waals surface area contributed by atoms with Crippen LogP contribution in [0, 0.1) is 17.2 Å². The summed E-state index contributed by atoms with van der Waals surface area (Å²) in [6.45, 7) is 4.59. The van der Waals surface area contributed by atoms with Crippen LogP contribution in [0.2, 0.25) is 0 Å². The van der Waals surface area contributed by atoms with Gasteiger partial charge in [0.2, 0.25) is 0 Å². The Kier molecular flexibility index (Phi) is 5.58. The van der Waals surface area contributed by atoms with E-state index in [0.29, 0.717) is 5.56 Å². The molecule has 0 aliphatic carbocycles. The highest BCUT2D eigenvalue weighted by molar-refractivity contribution is 5.64. The molecule has 2 rings (SSSR count). The Morgan fingerprint density at radius 2 is 1.52 bits per heavy atom. The molecule has 1 atom stereocenters. The van der Waals surface area contributed by atoms with Crippen LogP contribution in [0.15, 0.2) is 48.5 Å². The van der Waals surface area contributed by atoms with Crippen LogP contribution >= 0.6 is 0 Å². The van der Waals surface area contributed by atoms with E-state index < -0.39 is 0 Å². The number of nitrogens with zero attached hydrogens (tertiary/aromatic N) is 1. The van der Waals surface area contributed by atoms with Gasteiger partial charge in [-0.05, 0) is 47.6 Å². The molecule has 0 fully saturated rings. The lowest BCUT2D eigenvalue weighted by Crippen LogP contribution is -1.94. The van der Waals surface area contributed by atoms with Gasteiger partial charge < -0.3 is 0 Å². The number of nitriles is 1. The van der Waals surface area contributed by atoms with Crippen molar-refractivity contribution < 1.29 is 0 Å². The van der Waals surface area contributed by atoms with E-state index in [9.17, 15) is 0 Å². The molecular weight excluding hydrogens is 254 g/mol. The van der Waals surface area contributed by atoms with Gasteiger partial charge in [0.25, 0.3) is 0 Å². The van der Waals surface area contributed by atoms with Crippen LogP contribution in [-0.4, -0.2) is 0 Å². The molecule has 1 nitrogen and oxygen atoms in total. The van der Waals surface area contributed by atoms with Crippen molar-refractivity contribution in [2.24, 2.45) is 5.92 Å². The van der Waals surface area contributed by atoms with E-state index in [4.69, 9.17) is 5.26 Å². The van der Waals surface area contributed by atoms with Crippen molar-refractivity contribution in [1.82, 2.24) is 0 Å². The maximum absolute atomic E-state index is 8.82. The molecule has 0 bridgehead atoms. The SMILES string of the molecule is CCC(C)CCCc1ccc(-c2ccc(C#N)cc2)cc1. The molecule has 0 aromatic heterocycles. The summed E-state index contributed by atoms with van der Waals surface area (Å²) in [5, 5.41) is 8.82. The largest absolute Gasteiger partial charge is 0.192 e.